The van der Waals surface area contributed by atoms with Gasteiger partial charge in [-0.15, -0.1) is 0 Å². The molecule has 1 aliphatic rings. The maximum atomic E-state index is 12.0. The molecule has 0 spiro atoms. The Bertz CT molecular complexity index is 459. The van der Waals surface area contributed by atoms with Gasteiger partial charge in [-0.1, -0.05) is 25.5 Å². The number of hydrogen-bond acceptors (Lipinski definition) is 1. The van der Waals surface area contributed by atoms with Crippen molar-refractivity contribution in [1.29, 1.82) is 0 Å². The zero-order chi connectivity index (χ0) is 10.8. The van der Waals surface area contributed by atoms with Gasteiger partial charge in [0.2, 0.25) is 0 Å². The van der Waals surface area contributed by atoms with E-state index >= 15 is 0 Å². The van der Waals surface area contributed by atoms with E-state index in [4.69, 9.17) is 0 Å². The number of halogens is 1. The summed E-state index contributed by atoms with van der Waals surface area (Å²) in [5.41, 5.74) is 2.17. The first-order chi connectivity index (χ1) is 7.24. The fourth-order valence-corrected chi connectivity index (χ4v) is 2.48. The van der Waals surface area contributed by atoms with Crippen LogP contribution in [0.5, 0.6) is 0 Å². The first-order valence-electron chi connectivity index (χ1n) is 5.32. The normalized spacial score (nSPS) is 13.2. The molecule has 80 valence electrons. The summed E-state index contributed by atoms with van der Waals surface area (Å²) in [5.74, 6) is 0. The Morgan fingerprint density at radius 3 is 3.07 bits per heavy atom. The highest BCUT2D eigenvalue weighted by atomic mass is 79.9. The van der Waals surface area contributed by atoms with Crippen molar-refractivity contribution in [2.75, 3.05) is 0 Å². The Balaban J connectivity index is 2.43. The lowest BCUT2D eigenvalue weighted by molar-refractivity contribution is 0.608. The first-order valence-corrected chi connectivity index (χ1v) is 6.11. The quantitative estimate of drug-likeness (QED) is 0.826. The molecular weight excluding hydrogens is 254 g/mol. The second kappa shape index (κ2) is 4.35. The predicted molar refractivity (Wildman–Crippen MR) is 66.0 cm³/mol. The number of aromatic nitrogens is 1. The Morgan fingerprint density at radius 2 is 2.33 bits per heavy atom. The molecule has 1 aromatic rings. The van der Waals surface area contributed by atoms with E-state index in [1.165, 1.54) is 0 Å². The number of rotatable bonds is 3. The van der Waals surface area contributed by atoms with Crippen LogP contribution in [0, 0.1) is 0 Å². The van der Waals surface area contributed by atoms with E-state index in [-0.39, 0.29) is 5.56 Å². The number of aryl methyl sites for hydroxylation is 1. The predicted octanol–water partition coefficient (Wildman–Crippen LogP) is 2.98. The lowest BCUT2D eigenvalue weighted by Crippen LogP contribution is -2.23. The molecule has 3 heteroatoms. The summed E-state index contributed by atoms with van der Waals surface area (Å²) in [6, 6.07) is 0. The van der Waals surface area contributed by atoms with Crippen molar-refractivity contribution >= 4 is 22.0 Å². The van der Waals surface area contributed by atoms with Crippen LogP contribution in [0.1, 0.15) is 30.9 Å². The fourth-order valence-electron chi connectivity index (χ4n) is 1.86. The van der Waals surface area contributed by atoms with Gasteiger partial charge in [0.1, 0.15) is 0 Å². The standard InChI is InChI=1S/C12H14BrNO/c1-2-3-7-14-8-11(13)9-5-4-6-10(9)12(14)15/h4-5,8H,2-3,6-7H2,1H3. The second-order valence-corrected chi connectivity index (χ2v) is 4.68. The van der Waals surface area contributed by atoms with Crippen LogP contribution >= 0.6 is 15.9 Å². The smallest absolute Gasteiger partial charge is 0.254 e. The zero-order valence-corrected chi connectivity index (χ0v) is 10.4. The summed E-state index contributed by atoms with van der Waals surface area (Å²) in [5, 5.41) is 0. The minimum absolute atomic E-state index is 0.173. The number of hydrogen-bond donors (Lipinski definition) is 0. The van der Waals surface area contributed by atoms with Gasteiger partial charge in [-0.2, -0.15) is 0 Å². The Labute approximate surface area is 97.7 Å². The summed E-state index contributed by atoms with van der Waals surface area (Å²) in [6.45, 7) is 2.95. The topological polar surface area (TPSA) is 22.0 Å². The third-order valence-corrected chi connectivity index (χ3v) is 3.36. The molecular formula is C12H14BrNO. The molecule has 0 fully saturated rings. The van der Waals surface area contributed by atoms with Crippen molar-refractivity contribution < 1.29 is 0 Å². The molecule has 1 aromatic heterocycles. The van der Waals surface area contributed by atoms with Crippen LogP contribution in [0.3, 0.4) is 0 Å². The van der Waals surface area contributed by atoms with Crippen LogP contribution in [0.2, 0.25) is 0 Å². The van der Waals surface area contributed by atoms with Gasteiger partial charge >= 0.3 is 0 Å². The first kappa shape index (κ1) is 10.7. The van der Waals surface area contributed by atoms with Crippen molar-refractivity contribution in [2.24, 2.45) is 0 Å². The van der Waals surface area contributed by atoms with E-state index < -0.39 is 0 Å². The van der Waals surface area contributed by atoms with Crippen LogP contribution in [0.4, 0.5) is 0 Å². The van der Waals surface area contributed by atoms with Gasteiger partial charge in [-0.25, -0.2) is 0 Å². The third kappa shape index (κ3) is 1.93. The SMILES string of the molecule is CCCCn1cc(Br)c2c(c1=O)CC=C2. The highest BCUT2D eigenvalue weighted by Gasteiger charge is 2.14. The van der Waals surface area contributed by atoms with Crippen LogP contribution in [0.25, 0.3) is 6.08 Å². The van der Waals surface area contributed by atoms with Gasteiger partial charge in [-0.3, -0.25) is 4.79 Å². The fraction of sp³-hybridized carbons (Fsp3) is 0.417. The van der Waals surface area contributed by atoms with Crippen molar-refractivity contribution in [3.63, 3.8) is 0 Å². The largest absolute Gasteiger partial charge is 0.314 e. The van der Waals surface area contributed by atoms with Crippen molar-refractivity contribution in [3.8, 4) is 0 Å². The van der Waals surface area contributed by atoms with Gasteiger partial charge in [-0.05, 0) is 34.3 Å². The molecule has 1 heterocycles. The molecule has 0 bridgehead atoms. The van der Waals surface area contributed by atoms with Crippen LogP contribution < -0.4 is 5.56 Å². The zero-order valence-electron chi connectivity index (χ0n) is 8.79. The minimum atomic E-state index is 0.173. The van der Waals surface area contributed by atoms with Crippen molar-refractivity contribution in [1.82, 2.24) is 4.57 Å². The molecule has 0 aliphatic heterocycles. The molecule has 15 heavy (non-hydrogen) atoms. The Morgan fingerprint density at radius 1 is 1.53 bits per heavy atom. The van der Waals surface area contributed by atoms with Gasteiger partial charge in [0.05, 0.1) is 0 Å². The monoisotopic (exact) mass is 267 g/mol. The van der Waals surface area contributed by atoms with Crippen LogP contribution in [-0.4, -0.2) is 4.57 Å². The van der Waals surface area contributed by atoms with Gasteiger partial charge in [0.15, 0.2) is 0 Å². The number of nitrogens with zero attached hydrogens (tertiary/aromatic N) is 1. The molecule has 2 nitrogen and oxygen atoms in total. The van der Waals surface area contributed by atoms with E-state index in [2.05, 4.69) is 22.9 Å². The van der Waals surface area contributed by atoms with Crippen LogP contribution in [0.15, 0.2) is 21.5 Å². The van der Waals surface area contributed by atoms with Gasteiger partial charge < -0.3 is 4.57 Å². The molecule has 0 unspecified atom stereocenters. The molecule has 0 saturated carbocycles. The Hall–Kier alpha value is -0.830. The van der Waals surface area contributed by atoms with E-state index in [9.17, 15) is 4.79 Å². The molecule has 0 amide bonds. The maximum absolute atomic E-state index is 12.0. The average molecular weight is 268 g/mol. The number of allylic oxidation sites excluding steroid dienone is 1. The minimum Gasteiger partial charge on any atom is -0.314 e. The molecule has 0 atom stereocenters. The molecule has 2 rings (SSSR count). The van der Waals surface area contributed by atoms with Gasteiger partial charge in [0.25, 0.3) is 5.56 Å². The Kier molecular flexibility index (Phi) is 3.10. The summed E-state index contributed by atoms with van der Waals surface area (Å²) in [6.07, 6.45) is 8.91. The molecule has 0 saturated heterocycles. The summed E-state index contributed by atoms with van der Waals surface area (Å²) >= 11 is 3.51. The van der Waals surface area contributed by atoms with E-state index in [0.717, 1.165) is 41.4 Å². The summed E-state index contributed by atoms with van der Waals surface area (Å²) in [4.78, 5) is 12.0. The lowest BCUT2D eigenvalue weighted by Gasteiger charge is -2.09. The van der Waals surface area contributed by atoms with Gasteiger partial charge in [0, 0.05) is 22.8 Å². The van der Waals surface area contributed by atoms with E-state index in [1.54, 1.807) is 0 Å². The van der Waals surface area contributed by atoms with Crippen LogP contribution in [-0.2, 0) is 13.0 Å². The number of unbranched alkanes of at least 4 members (excludes halogenated alkanes) is 1. The highest BCUT2D eigenvalue weighted by Crippen LogP contribution is 2.24. The third-order valence-electron chi connectivity index (χ3n) is 2.73. The summed E-state index contributed by atoms with van der Waals surface area (Å²) < 4.78 is 2.85. The number of fused-ring (bicyclic) bond motifs is 1. The second-order valence-electron chi connectivity index (χ2n) is 3.83. The summed E-state index contributed by atoms with van der Waals surface area (Å²) in [7, 11) is 0. The highest BCUT2D eigenvalue weighted by molar-refractivity contribution is 9.10. The molecule has 0 aromatic carbocycles. The lowest BCUT2D eigenvalue weighted by atomic mass is 10.2. The average Bonchev–Trinajstić information content (AvgIpc) is 2.70. The molecule has 0 N–H and O–H groups in total. The molecule has 0 radical (unpaired) electrons. The van der Waals surface area contributed by atoms with Crippen molar-refractivity contribution in [2.45, 2.75) is 32.7 Å². The van der Waals surface area contributed by atoms with E-state index in [1.807, 2.05) is 22.9 Å². The maximum Gasteiger partial charge on any atom is 0.254 e. The number of pyridine rings is 1. The van der Waals surface area contributed by atoms with E-state index in [0.29, 0.717) is 0 Å². The van der Waals surface area contributed by atoms with Crippen molar-refractivity contribution in [3.05, 3.63) is 38.2 Å². The molecule has 1 aliphatic carbocycles.